The Morgan fingerprint density at radius 3 is 2.71 bits per heavy atom. The van der Waals surface area contributed by atoms with Gasteiger partial charge in [-0.3, -0.25) is 19.9 Å². The molecule has 2 aromatic rings. The van der Waals surface area contributed by atoms with Gasteiger partial charge in [0.1, 0.15) is 6.26 Å². The summed E-state index contributed by atoms with van der Waals surface area (Å²) in [7, 11) is 1.55. The molecule has 1 saturated heterocycles. The monoisotopic (exact) mass is 493 g/mol. The molecular formula is C23H26F3N5O4. The molecule has 9 nitrogen and oxygen atoms in total. The molecule has 3 rings (SSSR count). The number of oxazole rings is 1. The molecule has 0 spiro atoms. The van der Waals surface area contributed by atoms with Crippen molar-refractivity contribution in [3.63, 3.8) is 0 Å². The number of carbonyl (C=O) groups is 2. The molecule has 0 saturated carbocycles. The van der Waals surface area contributed by atoms with Gasteiger partial charge in [-0.05, 0) is 43.5 Å². The summed E-state index contributed by atoms with van der Waals surface area (Å²) in [6.45, 7) is 3.09. The average Bonchev–Trinajstić information content (AvgIpc) is 3.35. The highest BCUT2D eigenvalue weighted by Gasteiger charge is 2.40. The van der Waals surface area contributed by atoms with Crippen molar-refractivity contribution >= 4 is 17.6 Å². The van der Waals surface area contributed by atoms with E-state index in [0.29, 0.717) is 16.7 Å². The third-order valence-corrected chi connectivity index (χ3v) is 5.40. The molecule has 0 radical (unpaired) electrons. The third-order valence-electron chi connectivity index (χ3n) is 5.40. The summed E-state index contributed by atoms with van der Waals surface area (Å²) in [6, 6.07) is 4.83. The summed E-state index contributed by atoms with van der Waals surface area (Å²) in [4.78, 5) is 30.1. The van der Waals surface area contributed by atoms with Gasteiger partial charge >= 0.3 is 6.18 Å². The number of halogens is 3. The minimum Gasteiger partial charge on any atom is -0.444 e. The van der Waals surface area contributed by atoms with Crippen LogP contribution in [0.5, 0.6) is 0 Å². The first kappa shape index (κ1) is 25.9. The van der Waals surface area contributed by atoms with E-state index in [1.165, 1.54) is 13.1 Å². The summed E-state index contributed by atoms with van der Waals surface area (Å²) in [5, 5.41) is 23.6. The molecule has 1 aromatic carbocycles. The molecule has 1 aliphatic heterocycles. The van der Waals surface area contributed by atoms with Crippen LogP contribution in [0, 0.1) is 12.3 Å². The molecular weight excluding hydrogens is 467 g/mol. The van der Waals surface area contributed by atoms with Crippen molar-refractivity contribution in [2.75, 3.05) is 13.6 Å². The number of hydrogen-bond acceptors (Lipinski definition) is 7. The molecule has 1 unspecified atom stereocenters. The number of nitrogens with zero attached hydrogens (tertiary/aromatic N) is 2. The Labute approximate surface area is 199 Å². The number of rotatable bonds is 7. The second-order valence-corrected chi connectivity index (χ2v) is 8.60. The van der Waals surface area contributed by atoms with Gasteiger partial charge in [0.25, 0.3) is 5.91 Å². The second-order valence-electron chi connectivity index (χ2n) is 8.60. The fraction of sp³-hybridized carbons (Fsp3) is 0.391. The zero-order chi connectivity index (χ0) is 26.0. The highest BCUT2D eigenvalue weighted by atomic mass is 19.4. The SMILES string of the molecule is CN/C=C(/NC(=O)c1coc(-c2ccc(C)c(CCC(F)(F)F)c2)n1)C(=N)N1CC(C)(O)CC1=O. The number of hydrogen-bond donors (Lipinski definition) is 4. The van der Waals surface area contributed by atoms with E-state index in [1.54, 1.807) is 32.2 Å². The molecule has 1 atom stereocenters. The lowest BCUT2D eigenvalue weighted by atomic mass is 10.0. The van der Waals surface area contributed by atoms with Gasteiger partial charge in [0.05, 0.1) is 24.3 Å². The van der Waals surface area contributed by atoms with Crippen LogP contribution in [0.2, 0.25) is 0 Å². The minimum atomic E-state index is -4.28. The Morgan fingerprint density at radius 2 is 2.11 bits per heavy atom. The lowest BCUT2D eigenvalue weighted by Crippen LogP contribution is -2.41. The number of benzene rings is 1. The van der Waals surface area contributed by atoms with E-state index in [1.807, 2.05) is 0 Å². The maximum absolute atomic E-state index is 12.8. The predicted molar refractivity (Wildman–Crippen MR) is 120 cm³/mol. The van der Waals surface area contributed by atoms with Crippen LogP contribution < -0.4 is 10.6 Å². The summed E-state index contributed by atoms with van der Waals surface area (Å²) in [5.74, 6) is -1.45. The Hall–Kier alpha value is -3.67. The Morgan fingerprint density at radius 1 is 1.40 bits per heavy atom. The molecule has 0 aliphatic carbocycles. The van der Waals surface area contributed by atoms with Crippen molar-refractivity contribution in [2.24, 2.45) is 0 Å². The molecule has 0 bridgehead atoms. The molecule has 1 fully saturated rings. The first-order valence-corrected chi connectivity index (χ1v) is 10.7. The molecule has 1 aliphatic rings. The van der Waals surface area contributed by atoms with Crippen LogP contribution in [0.3, 0.4) is 0 Å². The van der Waals surface area contributed by atoms with Gasteiger partial charge in [-0.25, -0.2) is 4.98 Å². The predicted octanol–water partition coefficient (Wildman–Crippen LogP) is 2.90. The van der Waals surface area contributed by atoms with Gasteiger partial charge in [-0.2, -0.15) is 13.2 Å². The number of aryl methyl sites for hydroxylation is 2. The normalized spacial score (nSPS) is 18.7. The first-order chi connectivity index (χ1) is 16.3. The van der Waals surface area contributed by atoms with Crippen LogP contribution in [-0.4, -0.2) is 58.0 Å². The van der Waals surface area contributed by atoms with Gasteiger partial charge < -0.3 is 20.2 Å². The fourth-order valence-electron chi connectivity index (χ4n) is 3.61. The number of alkyl halides is 3. The van der Waals surface area contributed by atoms with E-state index >= 15 is 0 Å². The summed E-state index contributed by atoms with van der Waals surface area (Å²) in [5.41, 5.74) is 0.146. The van der Waals surface area contributed by atoms with E-state index in [9.17, 15) is 27.9 Å². The quantitative estimate of drug-likeness (QED) is 0.347. The van der Waals surface area contributed by atoms with Crippen molar-refractivity contribution in [3.8, 4) is 11.5 Å². The highest BCUT2D eigenvalue weighted by molar-refractivity contribution is 6.10. The smallest absolute Gasteiger partial charge is 0.389 e. The van der Waals surface area contributed by atoms with Crippen LogP contribution in [0.4, 0.5) is 13.2 Å². The molecule has 12 heteroatoms. The number of aromatic nitrogens is 1. The summed E-state index contributed by atoms with van der Waals surface area (Å²) in [6.07, 6.45) is -3.18. The van der Waals surface area contributed by atoms with Gasteiger partial charge in [0, 0.05) is 25.2 Å². The van der Waals surface area contributed by atoms with E-state index < -0.39 is 30.0 Å². The van der Waals surface area contributed by atoms with E-state index in [0.717, 1.165) is 11.2 Å². The van der Waals surface area contributed by atoms with Crippen LogP contribution >= 0.6 is 0 Å². The van der Waals surface area contributed by atoms with Crippen LogP contribution in [-0.2, 0) is 11.2 Å². The summed E-state index contributed by atoms with van der Waals surface area (Å²) < 4.78 is 43.3. The standard InChI is InChI=1S/C23H26F3N5O4/c1-13-4-5-15(8-14(13)6-7-23(24,25)26)21-30-17(11-35-21)20(33)29-16(10-28-3)19(27)31-12-22(2,34)9-18(31)32/h4-5,8,10-11,27-28,34H,6-7,9,12H2,1-3H3,(H,29,33)/b16-10+,27-19?. The van der Waals surface area contributed by atoms with Crippen molar-refractivity contribution in [1.82, 2.24) is 20.5 Å². The van der Waals surface area contributed by atoms with Gasteiger partial charge in [-0.15, -0.1) is 0 Å². The van der Waals surface area contributed by atoms with E-state index in [-0.39, 0.29) is 42.5 Å². The van der Waals surface area contributed by atoms with Crippen molar-refractivity contribution in [1.29, 1.82) is 5.41 Å². The number of aliphatic hydroxyl groups is 1. The topological polar surface area (TPSA) is 132 Å². The summed E-state index contributed by atoms with van der Waals surface area (Å²) >= 11 is 0. The zero-order valence-electron chi connectivity index (χ0n) is 19.4. The van der Waals surface area contributed by atoms with Gasteiger partial charge in [0.15, 0.2) is 11.5 Å². The van der Waals surface area contributed by atoms with Crippen LogP contribution in [0.15, 0.2) is 40.8 Å². The molecule has 35 heavy (non-hydrogen) atoms. The molecule has 2 heterocycles. The molecule has 1 aromatic heterocycles. The first-order valence-electron chi connectivity index (χ1n) is 10.7. The van der Waals surface area contributed by atoms with Crippen molar-refractivity contribution in [3.05, 3.63) is 53.2 Å². The highest BCUT2D eigenvalue weighted by Crippen LogP contribution is 2.27. The van der Waals surface area contributed by atoms with Crippen LogP contribution in [0.25, 0.3) is 11.5 Å². The van der Waals surface area contributed by atoms with Crippen LogP contribution in [0.1, 0.15) is 41.4 Å². The largest absolute Gasteiger partial charge is 0.444 e. The number of nitrogens with one attached hydrogen (secondary N) is 3. The number of amides is 2. The fourth-order valence-corrected chi connectivity index (χ4v) is 3.61. The Kier molecular flexibility index (Phi) is 7.34. The lowest BCUT2D eigenvalue weighted by molar-refractivity contribution is -0.134. The van der Waals surface area contributed by atoms with E-state index in [2.05, 4.69) is 15.6 Å². The van der Waals surface area contributed by atoms with Gasteiger partial charge in [0.2, 0.25) is 11.8 Å². The Balaban J connectivity index is 1.75. The number of β-amino-alcohol motifs (C(OH)–C–C–N with tert-alkyl or cyclic N) is 1. The second kappa shape index (κ2) is 9.90. The molecule has 188 valence electrons. The van der Waals surface area contributed by atoms with E-state index in [4.69, 9.17) is 9.83 Å². The van der Waals surface area contributed by atoms with Crippen molar-refractivity contribution < 1.29 is 32.3 Å². The minimum absolute atomic E-state index is 0.0297. The number of amidine groups is 1. The van der Waals surface area contributed by atoms with Crippen molar-refractivity contribution in [2.45, 2.75) is 44.9 Å². The Bertz CT molecular complexity index is 1170. The average molecular weight is 493 g/mol. The number of likely N-dealkylation sites (tertiary alicyclic amines) is 1. The number of carbonyl (C=O) groups excluding carboxylic acids is 2. The lowest BCUT2D eigenvalue weighted by Gasteiger charge is -2.21. The molecule has 2 amide bonds. The van der Waals surface area contributed by atoms with Gasteiger partial charge in [-0.1, -0.05) is 6.07 Å². The molecule has 4 N–H and O–H groups in total. The maximum Gasteiger partial charge on any atom is 0.389 e. The third kappa shape index (κ3) is 6.47. The zero-order valence-corrected chi connectivity index (χ0v) is 19.4. The maximum atomic E-state index is 12.8.